The van der Waals surface area contributed by atoms with Gasteiger partial charge in [-0.2, -0.15) is 0 Å². The molecule has 5 heterocycles. The normalized spacial score (nSPS) is 58.3. The smallest absolute Gasteiger partial charge is 0.0667 e. The molecule has 19 atom stereocenters. The summed E-state index contributed by atoms with van der Waals surface area (Å²) in [6.45, 7) is 0. The molecule has 8 nitrogen and oxygen atoms in total. The molecule has 5 aliphatic heterocycles. The van der Waals surface area contributed by atoms with E-state index in [0.717, 1.165) is 6.42 Å². The molecule has 9 aliphatic rings. The molecular formula is C32H53Cl3CuN8. The number of fused-ring (bicyclic) bond motifs is 20. The van der Waals surface area contributed by atoms with Crippen molar-refractivity contribution in [2.75, 3.05) is 0 Å². The molecule has 253 valence electrons. The molecule has 0 amide bonds. The predicted octanol–water partition coefficient (Wildman–Crippen LogP) is 3.26. The number of halogens is 3. The maximum absolute atomic E-state index is 7.22. The summed E-state index contributed by atoms with van der Waals surface area (Å²) in [5.41, 5.74) is 0. The monoisotopic (exact) mass is 717 g/mol. The maximum atomic E-state index is 7.22. The molecule has 0 aromatic heterocycles. The third-order valence-electron chi connectivity index (χ3n) is 13.9. The van der Waals surface area contributed by atoms with Crippen LogP contribution in [0.2, 0.25) is 0 Å². The zero-order valence-corrected chi connectivity index (χ0v) is 28.8. The van der Waals surface area contributed by atoms with E-state index in [9.17, 15) is 0 Å². The summed E-state index contributed by atoms with van der Waals surface area (Å²) in [6.07, 6.45) is 19.0. The molecule has 0 spiro atoms. The van der Waals surface area contributed by atoms with Crippen LogP contribution in [0.1, 0.15) is 83.5 Å². The Hall–Kier alpha value is 1.07. The summed E-state index contributed by atoms with van der Waals surface area (Å²) >= 11 is 21.0. The molecule has 44 heavy (non-hydrogen) atoms. The van der Waals surface area contributed by atoms with Crippen molar-refractivity contribution < 1.29 is 17.1 Å². The molecule has 8 bridgehead atoms. The zero-order valence-electron chi connectivity index (χ0n) is 25.6. The quantitative estimate of drug-likeness (QED) is 0.143. The van der Waals surface area contributed by atoms with Gasteiger partial charge in [0.2, 0.25) is 0 Å². The standard InChI is InChI=1S/C32H53Cl3N8.Cu/c33-21-13-20-22(24(35)23(21)34)32-42-30-19-12-6-5-11-18(19)28(40-30)38-26-15-8-2-1-7-14(15)25(36-26)37-27-16-9-3-4-10-17(16)29(39-27)41-31(20)43-32;/h14-32,36-43H,1-13H2;. The summed E-state index contributed by atoms with van der Waals surface area (Å²) in [4.78, 5) is 0. The van der Waals surface area contributed by atoms with Crippen LogP contribution in [0.4, 0.5) is 0 Å². The van der Waals surface area contributed by atoms with Gasteiger partial charge in [0.15, 0.2) is 0 Å². The van der Waals surface area contributed by atoms with E-state index in [1.165, 1.54) is 77.0 Å². The van der Waals surface area contributed by atoms with Crippen LogP contribution in [-0.2, 0) is 17.1 Å². The van der Waals surface area contributed by atoms with Crippen LogP contribution in [-0.4, -0.2) is 65.5 Å². The first-order valence-electron chi connectivity index (χ1n) is 18.0. The van der Waals surface area contributed by atoms with Crippen molar-refractivity contribution in [3.63, 3.8) is 0 Å². The third kappa shape index (κ3) is 5.47. The maximum Gasteiger partial charge on any atom is 0.0667 e. The van der Waals surface area contributed by atoms with E-state index in [1.54, 1.807) is 0 Å². The van der Waals surface area contributed by atoms with Gasteiger partial charge in [-0.3, -0.25) is 42.5 Å². The zero-order chi connectivity index (χ0) is 28.8. The molecule has 1 radical (unpaired) electrons. The van der Waals surface area contributed by atoms with Crippen LogP contribution in [0.5, 0.6) is 0 Å². The number of rotatable bonds is 0. The minimum atomic E-state index is -0.220. The van der Waals surface area contributed by atoms with Crippen molar-refractivity contribution in [1.29, 1.82) is 0 Å². The molecule has 4 saturated carbocycles. The summed E-state index contributed by atoms with van der Waals surface area (Å²) in [6, 6.07) is 0. The van der Waals surface area contributed by atoms with Gasteiger partial charge >= 0.3 is 0 Å². The third-order valence-corrected chi connectivity index (χ3v) is 15.7. The number of hydrogen-bond donors (Lipinski definition) is 8. The molecule has 9 fully saturated rings. The van der Waals surface area contributed by atoms with E-state index in [1.807, 2.05) is 0 Å². The van der Waals surface area contributed by atoms with Crippen LogP contribution in [0.3, 0.4) is 0 Å². The van der Waals surface area contributed by atoms with Crippen LogP contribution in [0.15, 0.2) is 0 Å². The molecule has 9 rings (SSSR count). The Labute approximate surface area is 289 Å². The average Bonchev–Trinajstić information content (AvgIpc) is 3.75. The summed E-state index contributed by atoms with van der Waals surface area (Å²) < 4.78 is 0. The predicted molar refractivity (Wildman–Crippen MR) is 172 cm³/mol. The van der Waals surface area contributed by atoms with E-state index in [-0.39, 0.29) is 63.8 Å². The SMILES string of the molecule is ClC1CC2C3NC4NC(NC5NC(NC6NC(NC(N3)C2C(Cl)C1Cl)C1CCCCC61)C1CCCCC51)C1CCCCC41.[Cu]. The van der Waals surface area contributed by atoms with Crippen molar-refractivity contribution in [2.45, 2.75) is 149 Å². The number of nitrogens with one attached hydrogen (secondary N) is 8. The first-order chi connectivity index (χ1) is 21.0. The summed E-state index contributed by atoms with van der Waals surface area (Å²) in [5.74, 6) is 4.51. The van der Waals surface area contributed by atoms with Gasteiger partial charge in [0.25, 0.3) is 0 Å². The van der Waals surface area contributed by atoms with Gasteiger partial charge < -0.3 is 0 Å². The van der Waals surface area contributed by atoms with Gasteiger partial charge in [-0.25, -0.2) is 0 Å². The van der Waals surface area contributed by atoms with Gasteiger partial charge in [-0.15, -0.1) is 34.8 Å². The Morgan fingerprint density at radius 1 is 0.341 bits per heavy atom. The van der Waals surface area contributed by atoms with E-state index >= 15 is 0 Å². The number of hydrogen-bond acceptors (Lipinski definition) is 8. The molecule has 4 aliphatic carbocycles. The van der Waals surface area contributed by atoms with Crippen molar-refractivity contribution in [3.8, 4) is 0 Å². The Bertz CT molecular complexity index is 1030. The molecule has 5 saturated heterocycles. The largest absolute Gasteiger partial charge is 0.286 e. The Morgan fingerprint density at radius 2 is 0.614 bits per heavy atom. The van der Waals surface area contributed by atoms with Crippen molar-refractivity contribution in [2.24, 2.45) is 47.3 Å². The Balaban J connectivity index is 0.00000289. The summed E-state index contributed by atoms with van der Waals surface area (Å²) in [5, 5.41) is 32.7. The van der Waals surface area contributed by atoms with Crippen molar-refractivity contribution >= 4 is 34.8 Å². The minimum absolute atomic E-state index is 0. The average molecular weight is 720 g/mol. The Kier molecular flexibility index (Phi) is 9.59. The first-order valence-corrected chi connectivity index (χ1v) is 19.3. The van der Waals surface area contributed by atoms with Gasteiger partial charge in [0.05, 0.1) is 65.5 Å². The fraction of sp³-hybridized carbons (Fsp3) is 1.00. The molecule has 12 heteroatoms. The summed E-state index contributed by atoms with van der Waals surface area (Å²) in [7, 11) is 0. The van der Waals surface area contributed by atoms with Gasteiger partial charge in [-0.05, 0) is 86.4 Å². The van der Waals surface area contributed by atoms with Gasteiger partial charge in [0.1, 0.15) is 0 Å². The number of alkyl halides is 3. The Morgan fingerprint density at radius 3 is 0.932 bits per heavy atom. The second-order valence-corrected chi connectivity index (χ2v) is 17.4. The fourth-order valence-corrected chi connectivity index (χ4v) is 13.1. The second kappa shape index (κ2) is 13.1. The van der Waals surface area contributed by atoms with Crippen LogP contribution in [0, 0.1) is 47.3 Å². The molecule has 19 unspecified atom stereocenters. The van der Waals surface area contributed by atoms with Crippen LogP contribution >= 0.6 is 34.8 Å². The fourth-order valence-electron chi connectivity index (χ4n) is 11.9. The van der Waals surface area contributed by atoms with Gasteiger partial charge in [0, 0.05) is 23.0 Å². The first kappa shape index (κ1) is 32.3. The topological polar surface area (TPSA) is 96.2 Å². The minimum Gasteiger partial charge on any atom is -0.286 e. The second-order valence-electron chi connectivity index (χ2n) is 15.9. The van der Waals surface area contributed by atoms with E-state index in [2.05, 4.69) is 42.5 Å². The van der Waals surface area contributed by atoms with Crippen LogP contribution < -0.4 is 42.5 Å². The van der Waals surface area contributed by atoms with E-state index in [0.29, 0.717) is 66.1 Å². The van der Waals surface area contributed by atoms with E-state index < -0.39 is 0 Å². The van der Waals surface area contributed by atoms with Crippen molar-refractivity contribution in [3.05, 3.63) is 0 Å². The molecular weight excluding hydrogens is 666 g/mol. The van der Waals surface area contributed by atoms with Crippen LogP contribution in [0.25, 0.3) is 0 Å². The van der Waals surface area contributed by atoms with Gasteiger partial charge in [-0.1, -0.05) is 38.5 Å². The van der Waals surface area contributed by atoms with E-state index in [4.69, 9.17) is 34.8 Å². The molecule has 0 aromatic carbocycles. The molecule has 0 aromatic rings. The molecule has 8 N–H and O–H groups in total. The van der Waals surface area contributed by atoms with Crippen molar-refractivity contribution in [1.82, 2.24) is 42.5 Å².